The molecule has 39 heavy (non-hydrogen) atoms. The molecule has 2 N–H and O–H groups in total. The van der Waals surface area contributed by atoms with Crippen LogP contribution in [0.2, 0.25) is 0 Å². The van der Waals surface area contributed by atoms with Crippen LogP contribution in [0.5, 0.6) is 0 Å². The zero-order chi connectivity index (χ0) is 27.9. The molecule has 5 amide bonds. The van der Waals surface area contributed by atoms with Crippen LogP contribution in [0, 0.1) is 17.1 Å². The number of imide groups is 1. The molecular formula is C29H25FN5O3S. The van der Waals surface area contributed by atoms with Gasteiger partial charge in [0.2, 0.25) is 0 Å². The third-order valence-electron chi connectivity index (χ3n) is 7.02. The lowest BCUT2D eigenvalue weighted by molar-refractivity contribution is -0.123. The summed E-state index contributed by atoms with van der Waals surface area (Å²) in [7, 11) is 0. The van der Waals surface area contributed by atoms with Crippen LogP contribution in [0.3, 0.4) is 0 Å². The maximum Gasteiger partial charge on any atom is 0.332 e. The van der Waals surface area contributed by atoms with Crippen molar-refractivity contribution in [2.45, 2.75) is 49.6 Å². The number of anilines is 3. The van der Waals surface area contributed by atoms with Crippen molar-refractivity contribution in [2.24, 2.45) is 0 Å². The summed E-state index contributed by atoms with van der Waals surface area (Å²) < 4.78 is 14.2. The van der Waals surface area contributed by atoms with Gasteiger partial charge in [0.1, 0.15) is 11.4 Å². The van der Waals surface area contributed by atoms with Crippen molar-refractivity contribution in [1.29, 1.82) is 5.26 Å². The third kappa shape index (κ3) is 5.13. The Hall–Kier alpha value is -4.49. The fraction of sp³-hybridized carbons (Fsp3) is 0.241. The van der Waals surface area contributed by atoms with Gasteiger partial charge in [-0.05, 0) is 98.3 Å². The van der Waals surface area contributed by atoms with Crippen molar-refractivity contribution in [3.05, 3.63) is 83.2 Å². The summed E-state index contributed by atoms with van der Waals surface area (Å²) in [6.07, 6.45) is 1.93. The molecule has 2 aliphatic rings. The lowest BCUT2D eigenvalue weighted by Crippen LogP contribution is -2.43. The highest BCUT2D eigenvalue weighted by molar-refractivity contribution is 7.80. The molecule has 1 saturated heterocycles. The van der Waals surface area contributed by atoms with E-state index in [0.717, 1.165) is 29.4 Å². The first-order valence-corrected chi connectivity index (χ1v) is 12.8. The molecule has 0 aromatic heterocycles. The Kier molecular flexibility index (Phi) is 6.70. The molecule has 197 valence electrons. The van der Waals surface area contributed by atoms with Crippen LogP contribution >= 0.6 is 12.6 Å². The Balaban J connectivity index is 1.40. The fourth-order valence-electron chi connectivity index (χ4n) is 4.65. The molecule has 0 unspecified atom stereocenters. The monoisotopic (exact) mass is 542 g/mol. The third-order valence-corrected chi connectivity index (χ3v) is 7.29. The van der Waals surface area contributed by atoms with Crippen LogP contribution in [-0.4, -0.2) is 28.4 Å². The average molecular weight is 543 g/mol. The highest BCUT2D eigenvalue weighted by Crippen LogP contribution is 2.44. The van der Waals surface area contributed by atoms with Gasteiger partial charge in [-0.25, -0.2) is 18.9 Å². The predicted octanol–water partition coefficient (Wildman–Crippen LogP) is 6.52. The van der Waals surface area contributed by atoms with Crippen LogP contribution in [0.25, 0.3) is 0 Å². The molecule has 2 fully saturated rings. The molecule has 1 aliphatic heterocycles. The summed E-state index contributed by atoms with van der Waals surface area (Å²) in [5.74, 6) is -0.734. The first-order valence-electron chi connectivity index (χ1n) is 12.4. The van der Waals surface area contributed by atoms with Gasteiger partial charge in [0.05, 0.1) is 29.6 Å². The van der Waals surface area contributed by atoms with Crippen molar-refractivity contribution < 1.29 is 18.8 Å². The molecule has 10 heteroatoms. The zero-order valence-electron chi connectivity index (χ0n) is 21.3. The van der Waals surface area contributed by atoms with Gasteiger partial charge in [-0.15, -0.1) is 0 Å². The minimum Gasteiger partial charge on any atom is -0.308 e. The molecule has 1 heterocycles. The van der Waals surface area contributed by atoms with E-state index in [9.17, 15) is 24.0 Å². The van der Waals surface area contributed by atoms with Gasteiger partial charge < -0.3 is 15.5 Å². The number of nitrogens with zero attached hydrogens (tertiary/aromatic N) is 3. The molecule has 0 bridgehead atoms. The number of halogens is 1. The standard InChI is InChI=1S/C29H25FN5O3S/c1-29(2)26(36)35(22-10-6-18(15-31)24(14-22)17-3-4-17)28(38)34(29)16-19-5-7-20(30)13-25(19)33-27(37)32-21-8-11-23(39)12-9-21/h5-14,17H,3-4,16H2,1-2H3,(H2,32,33,37). The largest absolute Gasteiger partial charge is 0.332 e. The SMILES string of the molecule is CC1(C)C(=O)N(c2ccc(C#N)c(C3CC3)c2)C(=O)N1Cc1ccc(F)cc1NC(=O)Nc1ccc([S])cc1. The van der Waals surface area contributed by atoms with Crippen molar-refractivity contribution in [3.63, 3.8) is 0 Å². The molecule has 1 aliphatic carbocycles. The van der Waals surface area contributed by atoms with E-state index in [1.807, 2.05) is 0 Å². The Morgan fingerprint density at radius 2 is 1.79 bits per heavy atom. The zero-order valence-corrected chi connectivity index (χ0v) is 22.1. The number of hydrogen-bond acceptors (Lipinski definition) is 4. The van der Waals surface area contributed by atoms with Gasteiger partial charge in [0.15, 0.2) is 0 Å². The minimum atomic E-state index is -1.22. The Morgan fingerprint density at radius 3 is 2.46 bits per heavy atom. The molecule has 1 saturated carbocycles. The molecule has 1 radical (unpaired) electrons. The number of amides is 5. The minimum absolute atomic E-state index is 0.0552. The summed E-state index contributed by atoms with van der Waals surface area (Å²) >= 11 is 5.05. The van der Waals surface area contributed by atoms with E-state index in [-0.39, 0.29) is 18.2 Å². The lowest BCUT2D eigenvalue weighted by Gasteiger charge is -2.28. The first kappa shape index (κ1) is 26.1. The second-order valence-corrected chi connectivity index (χ2v) is 10.6. The van der Waals surface area contributed by atoms with Gasteiger partial charge in [0, 0.05) is 10.6 Å². The van der Waals surface area contributed by atoms with Crippen LogP contribution in [-0.2, 0) is 11.3 Å². The first-order chi connectivity index (χ1) is 18.6. The van der Waals surface area contributed by atoms with E-state index >= 15 is 0 Å². The van der Waals surface area contributed by atoms with E-state index in [1.54, 1.807) is 56.3 Å². The van der Waals surface area contributed by atoms with E-state index in [2.05, 4.69) is 16.7 Å². The Morgan fingerprint density at radius 1 is 1.08 bits per heavy atom. The summed E-state index contributed by atoms with van der Waals surface area (Å²) in [6, 6.07) is 16.5. The van der Waals surface area contributed by atoms with Crippen molar-refractivity contribution >= 4 is 47.7 Å². The quantitative estimate of drug-likeness (QED) is 0.346. The van der Waals surface area contributed by atoms with E-state index < -0.39 is 29.3 Å². The van der Waals surface area contributed by atoms with Crippen molar-refractivity contribution in [1.82, 2.24) is 4.90 Å². The maximum atomic E-state index is 14.2. The number of rotatable bonds is 6. The number of hydrogen-bond donors (Lipinski definition) is 2. The second kappa shape index (κ2) is 10.0. The average Bonchev–Trinajstić information content (AvgIpc) is 3.72. The van der Waals surface area contributed by atoms with Gasteiger partial charge >= 0.3 is 12.1 Å². The Bertz CT molecular complexity index is 1530. The number of nitriles is 1. The number of carbonyl (C=O) groups is 3. The van der Waals surface area contributed by atoms with Gasteiger partial charge in [-0.3, -0.25) is 4.79 Å². The summed E-state index contributed by atoms with van der Waals surface area (Å²) in [6.45, 7) is 3.23. The topological polar surface area (TPSA) is 106 Å². The molecule has 3 aromatic rings. The highest BCUT2D eigenvalue weighted by Gasteiger charge is 2.52. The normalized spacial score (nSPS) is 16.3. The fourth-order valence-corrected chi connectivity index (χ4v) is 4.78. The molecule has 0 atom stereocenters. The number of benzene rings is 3. The van der Waals surface area contributed by atoms with Crippen molar-refractivity contribution in [2.75, 3.05) is 15.5 Å². The molecule has 0 spiro atoms. The summed E-state index contributed by atoms with van der Waals surface area (Å²) in [5.41, 5.74) is 1.68. The predicted molar refractivity (Wildman–Crippen MR) is 147 cm³/mol. The lowest BCUT2D eigenvalue weighted by atomic mass is 10.0. The molecule has 8 nitrogen and oxygen atoms in total. The second-order valence-electron chi connectivity index (χ2n) is 10.1. The maximum absolute atomic E-state index is 14.2. The van der Waals surface area contributed by atoms with Crippen LogP contribution in [0.15, 0.2) is 65.6 Å². The highest BCUT2D eigenvalue weighted by atomic mass is 32.1. The van der Waals surface area contributed by atoms with E-state index in [1.165, 1.54) is 17.0 Å². The van der Waals surface area contributed by atoms with Gasteiger partial charge in [-0.1, -0.05) is 18.7 Å². The van der Waals surface area contributed by atoms with E-state index in [0.29, 0.717) is 27.4 Å². The van der Waals surface area contributed by atoms with Gasteiger partial charge in [0.25, 0.3) is 5.91 Å². The van der Waals surface area contributed by atoms with E-state index in [4.69, 9.17) is 12.6 Å². The summed E-state index contributed by atoms with van der Waals surface area (Å²) in [4.78, 5) is 42.9. The Labute approximate surface area is 230 Å². The van der Waals surface area contributed by atoms with Gasteiger partial charge in [-0.2, -0.15) is 5.26 Å². The van der Waals surface area contributed by atoms with Crippen molar-refractivity contribution in [3.8, 4) is 6.07 Å². The molecular weight excluding hydrogens is 517 g/mol. The molecule has 5 rings (SSSR count). The number of carbonyl (C=O) groups excluding carboxylic acids is 3. The number of nitrogens with one attached hydrogen (secondary N) is 2. The van der Waals surface area contributed by atoms with Crippen LogP contribution < -0.4 is 15.5 Å². The number of urea groups is 2. The summed E-state index contributed by atoms with van der Waals surface area (Å²) in [5, 5.41) is 14.8. The van der Waals surface area contributed by atoms with Crippen LogP contribution in [0.4, 0.5) is 31.0 Å². The van der Waals surface area contributed by atoms with Crippen LogP contribution in [0.1, 0.15) is 49.3 Å². The molecule has 3 aromatic carbocycles. The smallest absolute Gasteiger partial charge is 0.308 e.